The van der Waals surface area contributed by atoms with Crippen molar-refractivity contribution in [1.82, 2.24) is 10.2 Å². The molecule has 1 aromatic carbocycles. The molecule has 0 spiro atoms. The predicted octanol–water partition coefficient (Wildman–Crippen LogP) is 5.58. The van der Waals surface area contributed by atoms with E-state index >= 15 is 0 Å². The quantitative estimate of drug-likeness (QED) is 0.439. The average Bonchev–Trinajstić information content (AvgIpc) is 2.54. The Hall–Kier alpha value is -0.560. The SMILES string of the molecule is C=CCCCC[C@H](c1cc(Br)cc(C(F)(F)F)c1)N1CCNCC1.Cl. The third-order valence-corrected chi connectivity index (χ3v) is 4.82. The Morgan fingerprint density at radius 3 is 2.48 bits per heavy atom. The molecule has 1 saturated heterocycles. The Labute approximate surface area is 162 Å². The second-order valence-corrected chi connectivity index (χ2v) is 7.06. The van der Waals surface area contributed by atoms with E-state index in [1.807, 2.05) is 12.1 Å². The predicted molar refractivity (Wildman–Crippen MR) is 102 cm³/mol. The monoisotopic (exact) mass is 440 g/mol. The smallest absolute Gasteiger partial charge is 0.314 e. The minimum Gasteiger partial charge on any atom is -0.314 e. The molecule has 1 atom stereocenters. The molecule has 1 heterocycles. The van der Waals surface area contributed by atoms with Gasteiger partial charge in [-0.15, -0.1) is 19.0 Å². The van der Waals surface area contributed by atoms with E-state index in [0.29, 0.717) is 4.47 Å². The molecule has 1 aliphatic rings. The van der Waals surface area contributed by atoms with Crippen molar-refractivity contribution in [2.45, 2.75) is 37.9 Å². The minimum absolute atomic E-state index is 0. The molecule has 2 rings (SSSR count). The molecule has 0 unspecified atom stereocenters. The number of hydrogen-bond acceptors (Lipinski definition) is 2. The van der Waals surface area contributed by atoms with Gasteiger partial charge in [-0.3, -0.25) is 4.90 Å². The van der Waals surface area contributed by atoms with Crippen LogP contribution < -0.4 is 5.32 Å². The van der Waals surface area contributed by atoms with Gasteiger partial charge in [-0.1, -0.05) is 28.4 Å². The van der Waals surface area contributed by atoms with E-state index in [1.165, 1.54) is 6.07 Å². The highest BCUT2D eigenvalue weighted by molar-refractivity contribution is 9.10. The number of alkyl halides is 3. The van der Waals surface area contributed by atoms with E-state index in [1.54, 1.807) is 0 Å². The van der Waals surface area contributed by atoms with Crippen LogP contribution in [0, 0.1) is 0 Å². The van der Waals surface area contributed by atoms with Crippen LogP contribution in [0.15, 0.2) is 35.3 Å². The molecule has 1 N–H and O–H groups in total. The summed E-state index contributed by atoms with van der Waals surface area (Å²) < 4.78 is 39.9. The van der Waals surface area contributed by atoms with Crippen LogP contribution in [-0.4, -0.2) is 31.1 Å². The van der Waals surface area contributed by atoms with Gasteiger partial charge in [0.05, 0.1) is 5.56 Å². The van der Waals surface area contributed by atoms with Crippen molar-refractivity contribution in [2.24, 2.45) is 0 Å². The second-order valence-electron chi connectivity index (χ2n) is 6.15. The van der Waals surface area contributed by atoms with Gasteiger partial charge in [0, 0.05) is 36.7 Å². The van der Waals surface area contributed by atoms with Crippen LogP contribution in [-0.2, 0) is 6.18 Å². The molecular weight excluding hydrogens is 417 g/mol. The van der Waals surface area contributed by atoms with Gasteiger partial charge in [-0.25, -0.2) is 0 Å². The van der Waals surface area contributed by atoms with Crippen molar-refractivity contribution in [1.29, 1.82) is 0 Å². The Balaban J connectivity index is 0.00000312. The Morgan fingerprint density at radius 2 is 1.88 bits per heavy atom. The van der Waals surface area contributed by atoms with Crippen molar-refractivity contribution in [3.8, 4) is 0 Å². The van der Waals surface area contributed by atoms with E-state index in [4.69, 9.17) is 0 Å². The van der Waals surface area contributed by atoms with Gasteiger partial charge >= 0.3 is 6.18 Å². The maximum absolute atomic E-state index is 13.2. The molecule has 142 valence electrons. The van der Waals surface area contributed by atoms with Crippen molar-refractivity contribution in [3.05, 3.63) is 46.5 Å². The fourth-order valence-corrected chi connectivity index (χ4v) is 3.66. The molecule has 0 amide bonds. The number of halogens is 5. The van der Waals surface area contributed by atoms with Crippen LogP contribution in [0.2, 0.25) is 0 Å². The van der Waals surface area contributed by atoms with Gasteiger partial charge < -0.3 is 5.32 Å². The van der Waals surface area contributed by atoms with Gasteiger partial charge in [0.2, 0.25) is 0 Å². The highest BCUT2D eigenvalue weighted by Gasteiger charge is 2.32. The number of rotatable bonds is 7. The van der Waals surface area contributed by atoms with Crippen LogP contribution in [0.4, 0.5) is 13.2 Å². The van der Waals surface area contributed by atoms with Crippen molar-refractivity contribution in [2.75, 3.05) is 26.2 Å². The highest BCUT2D eigenvalue weighted by atomic mass is 79.9. The Morgan fingerprint density at radius 1 is 1.20 bits per heavy atom. The molecule has 0 bridgehead atoms. The largest absolute Gasteiger partial charge is 0.416 e. The Kier molecular flexibility index (Phi) is 9.49. The lowest BCUT2D eigenvalue weighted by Gasteiger charge is -2.35. The number of nitrogens with one attached hydrogen (secondary N) is 1. The Bertz CT molecular complexity index is 546. The zero-order valence-electron chi connectivity index (χ0n) is 14.1. The summed E-state index contributed by atoms with van der Waals surface area (Å²) in [6.07, 6.45) is 1.37. The van der Waals surface area contributed by atoms with E-state index in [2.05, 4.69) is 32.7 Å². The lowest BCUT2D eigenvalue weighted by molar-refractivity contribution is -0.137. The molecule has 1 aromatic rings. The number of allylic oxidation sites excluding steroid dienone is 1. The summed E-state index contributed by atoms with van der Waals surface area (Å²) in [6.45, 7) is 7.20. The first kappa shape index (κ1) is 22.5. The van der Waals surface area contributed by atoms with Gasteiger partial charge in [-0.05, 0) is 43.0 Å². The molecule has 2 nitrogen and oxygen atoms in total. The maximum atomic E-state index is 13.2. The van der Waals surface area contributed by atoms with Gasteiger partial charge in [0.1, 0.15) is 0 Å². The lowest BCUT2D eigenvalue weighted by Crippen LogP contribution is -2.45. The zero-order valence-corrected chi connectivity index (χ0v) is 16.5. The van der Waals surface area contributed by atoms with Crippen LogP contribution in [0.1, 0.15) is 42.9 Å². The van der Waals surface area contributed by atoms with E-state index in [9.17, 15) is 13.2 Å². The van der Waals surface area contributed by atoms with E-state index < -0.39 is 11.7 Å². The van der Waals surface area contributed by atoms with Crippen LogP contribution in [0.5, 0.6) is 0 Å². The third kappa shape index (κ3) is 6.93. The standard InChI is InChI=1S/C18H24BrF3N2.ClH/c1-2-3-4-5-6-17(24-9-7-23-8-10-24)14-11-15(18(20,21)22)13-16(19)12-14;/h2,11-13,17,23H,1,3-10H2;1H/t17-;/m1./s1. The topological polar surface area (TPSA) is 15.3 Å². The summed E-state index contributed by atoms with van der Waals surface area (Å²) in [4.78, 5) is 2.30. The fourth-order valence-electron chi connectivity index (χ4n) is 3.15. The molecule has 0 aliphatic carbocycles. The zero-order chi connectivity index (χ0) is 17.6. The van der Waals surface area contributed by atoms with Crippen molar-refractivity contribution < 1.29 is 13.2 Å². The molecule has 7 heteroatoms. The van der Waals surface area contributed by atoms with Crippen LogP contribution in [0.3, 0.4) is 0 Å². The molecule has 0 radical (unpaired) electrons. The van der Waals surface area contributed by atoms with Gasteiger partial charge in [0.25, 0.3) is 0 Å². The average molecular weight is 442 g/mol. The first-order valence-corrected chi connectivity index (χ1v) is 9.14. The normalized spacial score (nSPS) is 17.0. The summed E-state index contributed by atoms with van der Waals surface area (Å²) in [7, 11) is 0. The number of unbranched alkanes of at least 4 members (excludes halogenated alkanes) is 2. The summed E-state index contributed by atoms with van der Waals surface area (Å²) in [6, 6.07) is 4.31. The van der Waals surface area contributed by atoms with Crippen molar-refractivity contribution in [3.63, 3.8) is 0 Å². The number of nitrogens with zero attached hydrogens (tertiary/aromatic N) is 1. The number of hydrogen-bond donors (Lipinski definition) is 1. The van der Waals surface area contributed by atoms with E-state index in [0.717, 1.165) is 63.5 Å². The van der Waals surface area contributed by atoms with Crippen molar-refractivity contribution >= 4 is 28.3 Å². The molecule has 1 fully saturated rings. The highest BCUT2D eigenvalue weighted by Crippen LogP contribution is 2.36. The fraction of sp³-hybridized carbons (Fsp3) is 0.556. The maximum Gasteiger partial charge on any atom is 0.416 e. The number of benzene rings is 1. The molecule has 25 heavy (non-hydrogen) atoms. The lowest BCUT2D eigenvalue weighted by atomic mass is 9.96. The van der Waals surface area contributed by atoms with Crippen LogP contribution in [0.25, 0.3) is 0 Å². The van der Waals surface area contributed by atoms with Gasteiger partial charge in [0.15, 0.2) is 0 Å². The summed E-state index contributed by atoms with van der Waals surface area (Å²) >= 11 is 3.25. The minimum atomic E-state index is -4.32. The summed E-state index contributed by atoms with van der Waals surface area (Å²) in [5.74, 6) is 0. The first-order valence-electron chi connectivity index (χ1n) is 8.35. The third-order valence-electron chi connectivity index (χ3n) is 4.36. The van der Waals surface area contributed by atoms with E-state index in [-0.39, 0.29) is 18.4 Å². The molecule has 1 aliphatic heterocycles. The second kappa shape index (κ2) is 10.6. The summed E-state index contributed by atoms with van der Waals surface area (Å²) in [5.41, 5.74) is 0.162. The molecule has 0 aromatic heterocycles. The molecule has 0 saturated carbocycles. The van der Waals surface area contributed by atoms with Crippen LogP contribution >= 0.6 is 28.3 Å². The van der Waals surface area contributed by atoms with Gasteiger partial charge in [-0.2, -0.15) is 13.2 Å². The number of piperazine rings is 1. The first-order chi connectivity index (χ1) is 11.4. The molecular formula is C18H25BrClF3N2. The summed E-state index contributed by atoms with van der Waals surface area (Å²) in [5, 5.41) is 3.30.